The number of hydrogen-bond donors (Lipinski definition) is 1. The number of ether oxygens (including phenoxy) is 2. The minimum absolute atomic E-state index is 0.149. The van der Waals surface area contributed by atoms with Crippen molar-refractivity contribution in [1.82, 2.24) is 4.90 Å². The Morgan fingerprint density at radius 1 is 0.969 bits per heavy atom. The topological polar surface area (TPSA) is 67.9 Å². The van der Waals surface area contributed by atoms with Crippen LogP contribution in [0.1, 0.15) is 16.0 Å². The van der Waals surface area contributed by atoms with Crippen LogP contribution in [0.3, 0.4) is 0 Å². The summed E-state index contributed by atoms with van der Waals surface area (Å²) in [6.07, 6.45) is 0. The molecule has 2 amide bonds. The van der Waals surface area contributed by atoms with E-state index >= 15 is 0 Å². The molecule has 0 saturated carbocycles. The van der Waals surface area contributed by atoms with Gasteiger partial charge in [-0.2, -0.15) is 0 Å². The number of hydrogen-bond acceptors (Lipinski definition) is 6. The van der Waals surface area contributed by atoms with Crippen LogP contribution in [0.5, 0.6) is 11.5 Å². The third-order valence-corrected chi connectivity index (χ3v) is 6.12. The van der Waals surface area contributed by atoms with E-state index in [-0.39, 0.29) is 25.0 Å². The van der Waals surface area contributed by atoms with Crippen LogP contribution in [-0.2, 0) is 9.59 Å². The van der Waals surface area contributed by atoms with E-state index < -0.39 is 0 Å². The lowest BCUT2D eigenvalue weighted by Gasteiger charge is -2.16. The number of carbonyl (C=O) groups is 2. The molecule has 4 rings (SSSR count). The standard InChI is InChI=1S/C25H24N2O4S/c1-16-6-7-17(2)20(15-16)26-23-22(21-5-4-14-32-21)24(28)27(25(23)29)12-13-31-19-10-8-18(30-3)9-11-19/h4-11,14-15,26H,12-13H2,1-3H3. The minimum atomic E-state index is -0.349. The Bertz CT molecular complexity index is 1170. The zero-order valence-electron chi connectivity index (χ0n) is 18.2. The van der Waals surface area contributed by atoms with Crippen molar-refractivity contribution in [2.45, 2.75) is 13.8 Å². The van der Waals surface area contributed by atoms with Crippen molar-refractivity contribution in [2.24, 2.45) is 0 Å². The van der Waals surface area contributed by atoms with Crippen LogP contribution in [0.15, 0.2) is 65.7 Å². The van der Waals surface area contributed by atoms with Crippen LogP contribution >= 0.6 is 11.3 Å². The number of aryl methyl sites for hydroxylation is 2. The summed E-state index contributed by atoms with van der Waals surface area (Å²) in [5.74, 6) is 0.709. The van der Waals surface area contributed by atoms with Crippen molar-refractivity contribution >= 4 is 34.4 Å². The SMILES string of the molecule is COc1ccc(OCCN2C(=O)C(Nc3cc(C)ccc3C)=C(c3cccs3)C2=O)cc1. The van der Waals surface area contributed by atoms with Gasteiger partial charge in [-0.25, -0.2) is 0 Å². The molecule has 1 aromatic heterocycles. The van der Waals surface area contributed by atoms with Crippen molar-refractivity contribution < 1.29 is 19.1 Å². The van der Waals surface area contributed by atoms with Crippen molar-refractivity contribution in [2.75, 3.05) is 25.6 Å². The summed E-state index contributed by atoms with van der Waals surface area (Å²) in [4.78, 5) is 28.5. The number of benzene rings is 2. The summed E-state index contributed by atoms with van der Waals surface area (Å²) >= 11 is 1.43. The van der Waals surface area contributed by atoms with Crippen LogP contribution in [0.25, 0.3) is 5.57 Å². The molecule has 0 aliphatic carbocycles. The van der Waals surface area contributed by atoms with Crippen LogP contribution in [0, 0.1) is 13.8 Å². The molecular formula is C25H24N2O4S. The van der Waals surface area contributed by atoms with E-state index in [9.17, 15) is 9.59 Å². The number of nitrogens with one attached hydrogen (secondary N) is 1. The van der Waals surface area contributed by atoms with E-state index in [1.54, 1.807) is 31.4 Å². The highest BCUT2D eigenvalue weighted by molar-refractivity contribution is 7.11. The van der Waals surface area contributed by atoms with Crippen LogP contribution in [-0.4, -0.2) is 37.0 Å². The average molecular weight is 449 g/mol. The minimum Gasteiger partial charge on any atom is -0.497 e. The number of thiophene rings is 1. The summed E-state index contributed by atoms with van der Waals surface area (Å²) in [6.45, 7) is 4.30. The Morgan fingerprint density at radius 3 is 2.41 bits per heavy atom. The van der Waals surface area contributed by atoms with Gasteiger partial charge in [-0.15, -0.1) is 11.3 Å². The monoisotopic (exact) mass is 448 g/mol. The number of rotatable bonds is 8. The highest BCUT2D eigenvalue weighted by Gasteiger charge is 2.39. The first-order chi connectivity index (χ1) is 15.5. The largest absolute Gasteiger partial charge is 0.497 e. The fraction of sp³-hybridized carbons (Fsp3) is 0.200. The number of methoxy groups -OCH3 is 1. The van der Waals surface area contributed by atoms with E-state index in [4.69, 9.17) is 9.47 Å². The van der Waals surface area contributed by atoms with Gasteiger partial charge in [0.05, 0.1) is 19.2 Å². The van der Waals surface area contributed by atoms with Gasteiger partial charge in [-0.05, 0) is 66.8 Å². The molecule has 32 heavy (non-hydrogen) atoms. The predicted octanol–water partition coefficient (Wildman–Crippen LogP) is 4.64. The Hall–Kier alpha value is -3.58. The molecule has 1 aliphatic rings. The summed E-state index contributed by atoms with van der Waals surface area (Å²) in [6, 6.07) is 16.9. The summed E-state index contributed by atoms with van der Waals surface area (Å²) in [5.41, 5.74) is 3.57. The molecule has 7 heteroatoms. The van der Waals surface area contributed by atoms with Crippen molar-refractivity contribution in [3.63, 3.8) is 0 Å². The molecule has 0 bridgehead atoms. The van der Waals surface area contributed by atoms with Crippen LogP contribution < -0.4 is 14.8 Å². The first kappa shape index (κ1) is 21.6. The van der Waals surface area contributed by atoms with Crippen molar-refractivity contribution in [1.29, 1.82) is 0 Å². The third-order valence-electron chi connectivity index (χ3n) is 5.23. The van der Waals surface area contributed by atoms with Gasteiger partial charge >= 0.3 is 0 Å². The average Bonchev–Trinajstić information content (AvgIpc) is 3.39. The molecule has 0 spiro atoms. The lowest BCUT2D eigenvalue weighted by molar-refractivity contribution is -0.137. The Labute approximate surface area is 191 Å². The lowest BCUT2D eigenvalue weighted by atomic mass is 10.1. The van der Waals surface area contributed by atoms with Gasteiger partial charge in [0, 0.05) is 10.6 Å². The fourth-order valence-electron chi connectivity index (χ4n) is 3.48. The maximum atomic E-state index is 13.3. The summed E-state index contributed by atoms with van der Waals surface area (Å²) < 4.78 is 10.9. The van der Waals surface area contributed by atoms with Crippen LogP contribution in [0.4, 0.5) is 5.69 Å². The first-order valence-electron chi connectivity index (χ1n) is 10.2. The van der Waals surface area contributed by atoms with E-state index in [1.807, 2.05) is 49.6 Å². The zero-order valence-corrected chi connectivity index (χ0v) is 19.0. The van der Waals surface area contributed by atoms with Gasteiger partial charge in [-0.3, -0.25) is 14.5 Å². The number of nitrogens with zero attached hydrogens (tertiary/aromatic N) is 1. The molecule has 1 N–H and O–H groups in total. The van der Waals surface area contributed by atoms with E-state index in [0.29, 0.717) is 17.0 Å². The lowest BCUT2D eigenvalue weighted by Crippen LogP contribution is -2.36. The summed E-state index contributed by atoms with van der Waals surface area (Å²) in [5, 5.41) is 5.13. The summed E-state index contributed by atoms with van der Waals surface area (Å²) in [7, 11) is 1.60. The highest BCUT2D eigenvalue weighted by Crippen LogP contribution is 2.33. The maximum Gasteiger partial charge on any atom is 0.278 e. The normalized spacial score (nSPS) is 13.7. The van der Waals surface area contributed by atoms with Crippen molar-refractivity contribution in [3.8, 4) is 11.5 Å². The molecule has 0 radical (unpaired) electrons. The van der Waals surface area contributed by atoms with Gasteiger partial charge in [0.25, 0.3) is 11.8 Å². The van der Waals surface area contributed by atoms with Gasteiger partial charge in [-0.1, -0.05) is 18.2 Å². The number of anilines is 1. The number of imide groups is 1. The Balaban J connectivity index is 1.54. The number of amides is 2. The van der Waals surface area contributed by atoms with E-state index in [0.717, 1.165) is 27.4 Å². The molecule has 0 unspecified atom stereocenters. The second-order valence-corrected chi connectivity index (χ2v) is 8.40. The highest BCUT2D eigenvalue weighted by atomic mass is 32.1. The molecule has 1 aliphatic heterocycles. The molecule has 0 atom stereocenters. The molecule has 3 aromatic rings. The van der Waals surface area contributed by atoms with Gasteiger partial charge < -0.3 is 14.8 Å². The second-order valence-electron chi connectivity index (χ2n) is 7.46. The molecule has 0 fully saturated rings. The zero-order chi connectivity index (χ0) is 22.7. The predicted molar refractivity (Wildman–Crippen MR) is 126 cm³/mol. The maximum absolute atomic E-state index is 13.3. The third kappa shape index (κ3) is 4.38. The van der Waals surface area contributed by atoms with E-state index in [1.165, 1.54) is 16.2 Å². The fourth-order valence-corrected chi connectivity index (χ4v) is 4.24. The molecule has 0 saturated heterocycles. The first-order valence-corrected chi connectivity index (χ1v) is 11.1. The van der Waals surface area contributed by atoms with E-state index in [2.05, 4.69) is 5.32 Å². The molecular weight excluding hydrogens is 424 g/mol. The quantitative estimate of drug-likeness (QED) is 0.509. The Morgan fingerprint density at radius 2 is 1.72 bits per heavy atom. The van der Waals surface area contributed by atoms with Gasteiger partial charge in [0.1, 0.15) is 23.8 Å². The van der Waals surface area contributed by atoms with Crippen molar-refractivity contribution in [3.05, 3.63) is 81.7 Å². The molecule has 2 heterocycles. The Kier molecular flexibility index (Phi) is 6.28. The molecule has 2 aromatic carbocycles. The number of carbonyl (C=O) groups excluding carboxylic acids is 2. The van der Waals surface area contributed by atoms with Gasteiger partial charge in [0.2, 0.25) is 0 Å². The molecule has 6 nitrogen and oxygen atoms in total. The van der Waals surface area contributed by atoms with Crippen LogP contribution in [0.2, 0.25) is 0 Å². The smallest absolute Gasteiger partial charge is 0.278 e. The second kappa shape index (κ2) is 9.28. The molecule has 164 valence electrons. The van der Waals surface area contributed by atoms with Gasteiger partial charge in [0.15, 0.2) is 0 Å².